The Balaban J connectivity index is 3.68. The van der Waals surface area contributed by atoms with Crippen LogP contribution in [-0.4, -0.2) is 11.1 Å². The molecule has 0 aromatic rings. The zero-order chi connectivity index (χ0) is 11.2. The summed E-state index contributed by atoms with van der Waals surface area (Å²) in [6.45, 7) is 8.76. The van der Waals surface area contributed by atoms with Gasteiger partial charge in [-0.1, -0.05) is 40.5 Å². The van der Waals surface area contributed by atoms with Crippen molar-refractivity contribution >= 4 is 5.97 Å². The van der Waals surface area contributed by atoms with Gasteiger partial charge < -0.3 is 5.11 Å². The van der Waals surface area contributed by atoms with Gasteiger partial charge in [0.2, 0.25) is 0 Å². The first kappa shape index (κ1) is 13.5. The first-order valence-corrected chi connectivity index (χ1v) is 5.57. The van der Waals surface area contributed by atoms with Gasteiger partial charge in [0.25, 0.3) is 0 Å². The average Bonchev–Trinajstić information content (AvgIpc) is 1.99. The standard InChI is InChI=1S/C12H24O2/c1-5-10(9-11(13)14)7-6-8-12(2,3)4/h10H,5-9H2,1-4H3,(H,13,14). The van der Waals surface area contributed by atoms with Crippen LogP contribution in [0.4, 0.5) is 0 Å². The van der Waals surface area contributed by atoms with Crippen LogP contribution in [0.15, 0.2) is 0 Å². The van der Waals surface area contributed by atoms with E-state index in [1.165, 1.54) is 6.42 Å². The monoisotopic (exact) mass is 200 g/mol. The number of hydrogen-bond donors (Lipinski definition) is 1. The number of carbonyl (C=O) groups is 1. The molecule has 0 spiro atoms. The van der Waals surface area contributed by atoms with Gasteiger partial charge in [0.15, 0.2) is 0 Å². The maximum absolute atomic E-state index is 10.5. The molecule has 0 saturated carbocycles. The van der Waals surface area contributed by atoms with Crippen molar-refractivity contribution in [2.45, 2.75) is 59.8 Å². The van der Waals surface area contributed by atoms with Gasteiger partial charge in [-0.05, 0) is 24.2 Å². The van der Waals surface area contributed by atoms with E-state index in [1.54, 1.807) is 0 Å². The molecule has 0 rings (SSSR count). The average molecular weight is 200 g/mol. The third kappa shape index (κ3) is 8.09. The van der Waals surface area contributed by atoms with Crippen LogP contribution in [-0.2, 0) is 4.79 Å². The molecule has 0 saturated heterocycles. The van der Waals surface area contributed by atoms with E-state index >= 15 is 0 Å². The van der Waals surface area contributed by atoms with E-state index in [9.17, 15) is 4.79 Å². The smallest absolute Gasteiger partial charge is 0.303 e. The Morgan fingerprint density at radius 1 is 1.36 bits per heavy atom. The van der Waals surface area contributed by atoms with Crippen LogP contribution in [0.25, 0.3) is 0 Å². The van der Waals surface area contributed by atoms with Gasteiger partial charge in [0, 0.05) is 6.42 Å². The van der Waals surface area contributed by atoms with Crippen LogP contribution in [0.2, 0.25) is 0 Å². The molecule has 0 aliphatic carbocycles. The van der Waals surface area contributed by atoms with Crippen LogP contribution in [0, 0.1) is 11.3 Å². The summed E-state index contributed by atoms with van der Waals surface area (Å²) in [7, 11) is 0. The molecule has 0 bridgehead atoms. The molecule has 14 heavy (non-hydrogen) atoms. The van der Waals surface area contributed by atoms with Crippen molar-refractivity contribution in [2.75, 3.05) is 0 Å². The molecule has 1 atom stereocenters. The Hall–Kier alpha value is -0.530. The second-order valence-electron chi connectivity index (χ2n) is 5.33. The molecule has 1 N–H and O–H groups in total. The van der Waals surface area contributed by atoms with Gasteiger partial charge in [-0.3, -0.25) is 4.79 Å². The Bertz CT molecular complexity index is 168. The largest absolute Gasteiger partial charge is 0.481 e. The quantitative estimate of drug-likeness (QED) is 0.709. The van der Waals surface area contributed by atoms with Crippen molar-refractivity contribution in [1.29, 1.82) is 0 Å². The third-order valence-corrected chi connectivity index (χ3v) is 2.58. The van der Waals surface area contributed by atoms with Crippen molar-refractivity contribution in [3.8, 4) is 0 Å². The summed E-state index contributed by atoms with van der Waals surface area (Å²) < 4.78 is 0. The lowest BCUT2D eigenvalue weighted by Gasteiger charge is -2.19. The maximum Gasteiger partial charge on any atom is 0.303 e. The lowest BCUT2D eigenvalue weighted by molar-refractivity contribution is -0.138. The Morgan fingerprint density at radius 2 is 1.93 bits per heavy atom. The van der Waals surface area contributed by atoms with Crippen molar-refractivity contribution in [3.05, 3.63) is 0 Å². The number of aliphatic carboxylic acids is 1. The zero-order valence-electron chi connectivity index (χ0n) is 9.97. The first-order chi connectivity index (χ1) is 6.35. The number of carboxylic acid groups (broad SMARTS) is 1. The first-order valence-electron chi connectivity index (χ1n) is 5.57. The van der Waals surface area contributed by atoms with Gasteiger partial charge in [-0.25, -0.2) is 0 Å². The fourth-order valence-electron chi connectivity index (χ4n) is 1.62. The molecule has 0 aromatic heterocycles. The normalized spacial score (nSPS) is 14.0. The molecule has 0 heterocycles. The molecule has 0 radical (unpaired) electrons. The molecular weight excluding hydrogens is 176 g/mol. The summed E-state index contributed by atoms with van der Waals surface area (Å²) in [5.41, 5.74) is 0.377. The fourth-order valence-corrected chi connectivity index (χ4v) is 1.62. The lowest BCUT2D eigenvalue weighted by Crippen LogP contribution is -2.09. The highest BCUT2D eigenvalue weighted by molar-refractivity contribution is 5.66. The molecule has 0 aromatic carbocycles. The summed E-state index contributed by atoms with van der Waals surface area (Å²) in [6.07, 6.45) is 4.70. The Morgan fingerprint density at radius 3 is 2.29 bits per heavy atom. The van der Waals surface area contributed by atoms with Gasteiger partial charge in [-0.15, -0.1) is 0 Å². The highest BCUT2D eigenvalue weighted by Gasteiger charge is 2.14. The van der Waals surface area contributed by atoms with Gasteiger partial charge >= 0.3 is 5.97 Å². The van der Waals surface area contributed by atoms with Gasteiger partial charge in [-0.2, -0.15) is 0 Å². The lowest BCUT2D eigenvalue weighted by atomic mass is 9.86. The predicted molar refractivity (Wildman–Crippen MR) is 59.3 cm³/mol. The second-order valence-corrected chi connectivity index (χ2v) is 5.33. The highest BCUT2D eigenvalue weighted by Crippen LogP contribution is 2.25. The topological polar surface area (TPSA) is 37.3 Å². The molecule has 2 heteroatoms. The third-order valence-electron chi connectivity index (χ3n) is 2.58. The summed E-state index contributed by atoms with van der Waals surface area (Å²) in [6, 6.07) is 0. The van der Waals surface area contributed by atoms with E-state index < -0.39 is 5.97 Å². The molecule has 84 valence electrons. The molecular formula is C12H24O2. The summed E-state index contributed by atoms with van der Waals surface area (Å²) in [4.78, 5) is 10.5. The predicted octanol–water partition coefficient (Wildman–Crippen LogP) is 3.70. The van der Waals surface area contributed by atoms with E-state index in [0.717, 1.165) is 19.3 Å². The zero-order valence-corrected chi connectivity index (χ0v) is 9.97. The molecule has 0 amide bonds. The minimum atomic E-state index is -0.660. The molecule has 0 aliphatic heterocycles. The minimum Gasteiger partial charge on any atom is -0.481 e. The molecule has 1 unspecified atom stereocenters. The summed E-state index contributed by atoms with van der Waals surface area (Å²) >= 11 is 0. The minimum absolute atomic E-state index is 0.334. The van der Waals surface area contributed by atoms with Crippen LogP contribution in [0.1, 0.15) is 59.8 Å². The van der Waals surface area contributed by atoms with Crippen molar-refractivity contribution in [2.24, 2.45) is 11.3 Å². The van der Waals surface area contributed by atoms with E-state index in [1.807, 2.05) is 0 Å². The van der Waals surface area contributed by atoms with Crippen molar-refractivity contribution in [1.82, 2.24) is 0 Å². The van der Waals surface area contributed by atoms with Crippen LogP contribution in [0.3, 0.4) is 0 Å². The van der Waals surface area contributed by atoms with E-state index in [0.29, 0.717) is 17.8 Å². The van der Waals surface area contributed by atoms with E-state index in [4.69, 9.17) is 5.11 Å². The number of hydrogen-bond acceptors (Lipinski definition) is 1. The van der Waals surface area contributed by atoms with Crippen LogP contribution < -0.4 is 0 Å². The van der Waals surface area contributed by atoms with Crippen LogP contribution in [0.5, 0.6) is 0 Å². The molecule has 0 fully saturated rings. The van der Waals surface area contributed by atoms with Crippen LogP contribution >= 0.6 is 0 Å². The molecule has 2 nitrogen and oxygen atoms in total. The summed E-state index contributed by atoms with van der Waals surface area (Å²) in [5, 5.41) is 8.67. The van der Waals surface area contributed by atoms with Crippen molar-refractivity contribution < 1.29 is 9.90 Å². The number of carboxylic acids is 1. The number of rotatable bonds is 6. The van der Waals surface area contributed by atoms with Gasteiger partial charge in [0.05, 0.1) is 0 Å². The van der Waals surface area contributed by atoms with Crippen molar-refractivity contribution in [3.63, 3.8) is 0 Å². The highest BCUT2D eigenvalue weighted by atomic mass is 16.4. The molecule has 0 aliphatic rings. The van der Waals surface area contributed by atoms with Gasteiger partial charge in [0.1, 0.15) is 0 Å². The van der Waals surface area contributed by atoms with E-state index in [2.05, 4.69) is 27.7 Å². The van der Waals surface area contributed by atoms with E-state index in [-0.39, 0.29) is 0 Å². The SMILES string of the molecule is CCC(CCCC(C)(C)C)CC(=O)O. The fraction of sp³-hybridized carbons (Fsp3) is 0.917. The Kier molecular flexibility index (Phi) is 5.82. The Labute approximate surface area is 87.7 Å². The maximum atomic E-state index is 10.5. The summed E-state index contributed by atoms with van der Waals surface area (Å²) in [5.74, 6) is -0.289. The second kappa shape index (κ2) is 6.05.